The lowest BCUT2D eigenvalue weighted by Crippen LogP contribution is -2.34. The Hall–Kier alpha value is -3.67. The molecule has 3 aromatic rings. The van der Waals surface area contributed by atoms with E-state index in [1.54, 1.807) is 4.90 Å². The highest BCUT2D eigenvalue weighted by Gasteiger charge is 2.18. The lowest BCUT2D eigenvalue weighted by Gasteiger charge is -2.22. The van der Waals surface area contributed by atoms with Crippen LogP contribution in [0, 0.1) is 0 Å². The van der Waals surface area contributed by atoms with Crippen molar-refractivity contribution in [2.75, 3.05) is 18.7 Å². The number of rotatable bonds is 6. The maximum absolute atomic E-state index is 12.9. The van der Waals surface area contributed by atoms with Crippen LogP contribution in [0.3, 0.4) is 0 Å². The summed E-state index contributed by atoms with van der Waals surface area (Å²) in [6.45, 7) is 3.19. The number of nitrogens with one attached hydrogen (secondary N) is 1. The summed E-state index contributed by atoms with van der Waals surface area (Å²) in [5.74, 6) is 2.74. The molecule has 0 spiro atoms. The molecule has 1 aliphatic rings. The lowest BCUT2D eigenvalue weighted by atomic mass is 10.2. The van der Waals surface area contributed by atoms with Gasteiger partial charge in [0, 0.05) is 13.1 Å². The standard InChI is InChI=1S/C23H22N2O4/c1-2-25(15-17-12-13-21-22(14-17)28-16-27-21)23(26)24-19-10-6-7-11-20(19)29-18-8-4-3-5-9-18/h3-14H,2,15-16H2,1H3,(H,24,26). The molecule has 4 rings (SSSR count). The third-order valence-corrected chi connectivity index (χ3v) is 4.58. The van der Waals surface area contributed by atoms with Crippen LogP contribution in [0.2, 0.25) is 0 Å². The Bertz CT molecular complexity index is 991. The second-order valence-corrected chi connectivity index (χ2v) is 6.54. The third kappa shape index (κ3) is 4.43. The van der Waals surface area contributed by atoms with Crippen LogP contribution in [-0.4, -0.2) is 24.3 Å². The van der Waals surface area contributed by atoms with Crippen LogP contribution in [0.25, 0.3) is 0 Å². The highest BCUT2D eigenvalue weighted by Crippen LogP contribution is 2.33. The first-order valence-corrected chi connectivity index (χ1v) is 9.49. The number of hydrogen-bond donors (Lipinski definition) is 1. The lowest BCUT2D eigenvalue weighted by molar-refractivity contribution is 0.174. The van der Waals surface area contributed by atoms with Gasteiger partial charge >= 0.3 is 6.03 Å². The Labute approximate surface area is 169 Å². The van der Waals surface area contributed by atoms with Gasteiger partial charge in [0.25, 0.3) is 0 Å². The number of ether oxygens (including phenoxy) is 3. The molecule has 0 atom stereocenters. The maximum atomic E-state index is 12.9. The van der Waals surface area contributed by atoms with Crippen LogP contribution >= 0.6 is 0 Å². The molecule has 3 aromatic carbocycles. The average Bonchev–Trinajstić information content (AvgIpc) is 3.22. The molecule has 0 radical (unpaired) electrons. The molecule has 6 heteroatoms. The fraction of sp³-hybridized carbons (Fsp3) is 0.174. The number of carbonyl (C=O) groups excluding carboxylic acids is 1. The van der Waals surface area contributed by atoms with Crippen LogP contribution < -0.4 is 19.5 Å². The summed E-state index contributed by atoms with van der Waals surface area (Å²) in [5, 5.41) is 2.96. The number of carbonyl (C=O) groups is 1. The normalized spacial score (nSPS) is 11.8. The quantitative estimate of drug-likeness (QED) is 0.624. The van der Waals surface area contributed by atoms with Gasteiger partial charge in [0.1, 0.15) is 5.75 Å². The van der Waals surface area contributed by atoms with Crippen molar-refractivity contribution in [3.63, 3.8) is 0 Å². The largest absolute Gasteiger partial charge is 0.455 e. The topological polar surface area (TPSA) is 60.0 Å². The van der Waals surface area contributed by atoms with Crippen LogP contribution in [0.1, 0.15) is 12.5 Å². The first kappa shape index (κ1) is 18.7. The van der Waals surface area contributed by atoms with Crippen molar-refractivity contribution in [1.29, 1.82) is 0 Å². The molecule has 2 amide bonds. The monoisotopic (exact) mass is 390 g/mol. The first-order valence-electron chi connectivity index (χ1n) is 9.49. The molecule has 29 heavy (non-hydrogen) atoms. The SMILES string of the molecule is CCN(Cc1ccc2c(c1)OCO2)C(=O)Nc1ccccc1Oc1ccccc1. The predicted octanol–water partition coefficient (Wildman–Crippen LogP) is 5.26. The van der Waals surface area contributed by atoms with E-state index in [9.17, 15) is 4.79 Å². The minimum absolute atomic E-state index is 0.200. The van der Waals surface area contributed by atoms with E-state index in [0.717, 1.165) is 11.3 Å². The van der Waals surface area contributed by atoms with Crippen LogP contribution in [0.5, 0.6) is 23.0 Å². The number of urea groups is 1. The zero-order valence-corrected chi connectivity index (χ0v) is 16.1. The van der Waals surface area contributed by atoms with Gasteiger partial charge in [-0.25, -0.2) is 4.79 Å². The summed E-state index contributed by atoms with van der Waals surface area (Å²) >= 11 is 0. The van der Waals surface area contributed by atoms with Crippen molar-refractivity contribution >= 4 is 11.7 Å². The molecule has 148 valence electrons. The average molecular weight is 390 g/mol. The Morgan fingerprint density at radius 1 is 1.00 bits per heavy atom. The van der Waals surface area contributed by atoms with E-state index >= 15 is 0 Å². The van der Waals surface area contributed by atoms with E-state index in [1.807, 2.05) is 79.7 Å². The summed E-state index contributed by atoms with van der Waals surface area (Å²) in [5.41, 5.74) is 1.59. The van der Waals surface area contributed by atoms with E-state index < -0.39 is 0 Å². The molecule has 0 bridgehead atoms. The summed E-state index contributed by atoms with van der Waals surface area (Å²) in [6.07, 6.45) is 0. The molecule has 1 N–H and O–H groups in total. The molecule has 0 unspecified atom stereocenters. The number of nitrogens with zero attached hydrogens (tertiary/aromatic N) is 1. The minimum atomic E-state index is -0.200. The maximum Gasteiger partial charge on any atom is 0.322 e. The van der Waals surface area contributed by atoms with Gasteiger partial charge in [-0.15, -0.1) is 0 Å². The highest BCUT2D eigenvalue weighted by molar-refractivity contribution is 5.91. The molecular weight excluding hydrogens is 368 g/mol. The summed E-state index contributed by atoms with van der Waals surface area (Å²) in [7, 11) is 0. The van der Waals surface area contributed by atoms with E-state index in [2.05, 4.69) is 5.32 Å². The Balaban J connectivity index is 1.46. The van der Waals surface area contributed by atoms with Crippen molar-refractivity contribution in [1.82, 2.24) is 4.90 Å². The highest BCUT2D eigenvalue weighted by atomic mass is 16.7. The number of benzene rings is 3. The number of amides is 2. The van der Waals surface area contributed by atoms with Crippen molar-refractivity contribution < 1.29 is 19.0 Å². The fourth-order valence-electron chi connectivity index (χ4n) is 3.06. The van der Waals surface area contributed by atoms with E-state index in [-0.39, 0.29) is 12.8 Å². The first-order chi connectivity index (χ1) is 14.2. The molecule has 0 saturated heterocycles. The Morgan fingerprint density at radius 2 is 1.76 bits per heavy atom. The second-order valence-electron chi connectivity index (χ2n) is 6.54. The second kappa shape index (κ2) is 8.56. The zero-order valence-electron chi connectivity index (χ0n) is 16.1. The van der Waals surface area contributed by atoms with Gasteiger partial charge in [0.15, 0.2) is 17.2 Å². The van der Waals surface area contributed by atoms with Gasteiger partial charge in [0.2, 0.25) is 6.79 Å². The van der Waals surface area contributed by atoms with E-state index in [0.29, 0.717) is 36.0 Å². The van der Waals surface area contributed by atoms with Crippen LogP contribution in [0.4, 0.5) is 10.5 Å². The minimum Gasteiger partial charge on any atom is -0.455 e. The fourth-order valence-corrected chi connectivity index (χ4v) is 3.06. The molecule has 1 aliphatic heterocycles. The number of para-hydroxylation sites is 3. The number of anilines is 1. The van der Waals surface area contributed by atoms with Crippen LogP contribution in [-0.2, 0) is 6.54 Å². The smallest absolute Gasteiger partial charge is 0.322 e. The molecule has 0 saturated carbocycles. The van der Waals surface area contributed by atoms with Gasteiger partial charge in [-0.05, 0) is 48.9 Å². The Kier molecular flexibility index (Phi) is 5.52. The van der Waals surface area contributed by atoms with Crippen molar-refractivity contribution in [2.24, 2.45) is 0 Å². The Morgan fingerprint density at radius 3 is 2.59 bits per heavy atom. The van der Waals surface area contributed by atoms with E-state index in [1.165, 1.54) is 0 Å². The summed E-state index contributed by atoms with van der Waals surface area (Å²) in [4.78, 5) is 14.6. The number of fused-ring (bicyclic) bond motifs is 1. The van der Waals surface area contributed by atoms with Crippen molar-refractivity contribution in [3.05, 3.63) is 78.4 Å². The van der Waals surface area contributed by atoms with Gasteiger partial charge in [-0.1, -0.05) is 36.4 Å². The van der Waals surface area contributed by atoms with Crippen molar-refractivity contribution in [3.8, 4) is 23.0 Å². The molecule has 0 aromatic heterocycles. The molecule has 6 nitrogen and oxygen atoms in total. The van der Waals surface area contributed by atoms with Gasteiger partial charge in [-0.2, -0.15) is 0 Å². The predicted molar refractivity (Wildman–Crippen MR) is 111 cm³/mol. The number of hydrogen-bond acceptors (Lipinski definition) is 4. The van der Waals surface area contributed by atoms with Gasteiger partial charge in [-0.3, -0.25) is 0 Å². The summed E-state index contributed by atoms with van der Waals surface area (Å²) < 4.78 is 16.7. The van der Waals surface area contributed by atoms with Gasteiger partial charge in [0.05, 0.1) is 5.69 Å². The third-order valence-electron chi connectivity index (χ3n) is 4.58. The molecule has 0 fully saturated rings. The van der Waals surface area contributed by atoms with Gasteiger partial charge < -0.3 is 24.4 Å². The van der Waals surface area contributed by atoms with Crippen LogP contribution in [0.15, 0.2) is 72.8 Å². The van der Waals surface area contributed by atoms with Crippen molar-refractivity contribution in [2.45, 2.75) is 13.5 Å². The molecule has 0 aliphatic carbocycles. The molecule has 1 heterocycles. The zero-order chi connectivity index (χ0) is 20.1. The molecular formula is C23H22N2O4. The van der Waals surface area contributed by atoms with E-state index in [4.69, 9.17) is 14.2 Å². The summed E-state index contributed by atoms with van der Waals surface area (Å²) in [6, 6.07) is 22.4.